The molecule has 0 spiro atoms. The molecule has 2 heteroatoms. The topological polar surface area (TPSA) is 40.5 Å². The fourth-order valence-electron chi connectivity index (χ4n) is 4.36. The molecule has 0 aromatic heterocycles. The molecule has 2 nitrogen and oxygen atoms in total. The third-order valence-corrected chi connectivity index (χ3v) is 6.73. The van der Waals surface area contributed by atoms with E-state index in [-0.39, 0.29) is 21.7 Å². The lowest BCUT2D eigenvalue weighted by Crippen LogP contribution is -2.45. The maximum absolute atomic E-state index is 10.1. The molecule has 25 heavy (non-hydrogen) atoms. The minimum absolute atomic E-state index is 0.0336. The molecule has 2 aliphatic carbocycles. The van der Waals surface area contributed by atoms with Crippen molar-refractivity contribution in [1.29, 1.82) is 0 Å². The lowest BCUT2D eigenvalue weighted by atomic mass is 9.50. The van der Waals surface area contributed by atoms with E-state index in [0.717, 1.165) is 30.4 Å². The summed E-state index contributed by atoms with van der Waals surface area (Å²) in [6.45, 7) is 17.8. The van der Waals surface area contributed by atoms with Gasteiger partial charge in [0.05, 0.1) is 0 Å². The smallest absolute Gasteiger partial charge is 0.114 e. The van der Waals surface area contributed by atoms with Gasteiger partial charge in [-0.05, 0) is 78.1 Å². The monoisotopic (exact) mass is 344 g/mol. The summed E-state index contributed by atoms with van der Waals surface area (Å²) in [4.78, 5) is 0. The molecular weight excluding hydrogens is 308 g/mol. The predicted molar refractivity (Wildman–Crippen MR) is 107 cm³/mol. The molecular formula is C23H36O2. The van der Waals surface area contributed by atoms with Crippen molar-refractivity contribution in [2.45, 2.75) is 74.7 Å². The van der Waals surface area contributed by atoms with E-state index in [0.29, 0.717) is 11.5 Å². The molecule has 0 aromatic carbocycles. The van der Waals surface area contributed by atoms with Crippen LogP contribution in [-0.2, 0) is 0 Å². The van der Waals surface area contributed by atoms with Crippen molar-refractivity contribution in [2.75, 3.05) is 0 Å². The Bertz CT molecular complexity index is 603. The van der Waals surface area contributed by atoms with Crippen LogP contribution in [0.1, 0.15) is 74.7 Å². The second kappa shape index (κ2) is 6.07. The van der Waals surface area contributed by atoms with Crippen molar-refractivity contribution in [3.63, 3.8) is 0 Å². The number of hydrogen-bond donors (Lipinski definition) is 2. The molecule has 2 atom stereocenters. The molecule has 0 saturated heterocycles. The largest absolute Gasteiger partial charge is 0.508 e. The minimum Gasteiger partial charge on any atom is -0.508 e. The molecule has 0 heterocycles. The number of aliphatic hydroxyl groups is 2. The summed E-state index contributed by atoms with van der Waals surface area (Å²) < 4.78 is 0. The molecule has 2 unspecified atom stereocenters. The Labute approximate surface area is 154 Å². The highest BCUT2D eigenvalue weighted by molar-refractivity contribution is 5.36. The third kappa shape index (κ3) is 3.45. The fraction of sp³-hybridized carbons (Fsp3) is 0.652. The third-order valence-electron chi connectivity index (χ3n) is 6.73. The Balaban J connectivity index is 2.58. The van der Waals surface area contributed by atoms with Crippen molar-refractivity contribution < 1.29 is 10.2 Å². The normalized spacial score (nSPS) is 31.0. The molecule has 0 radical (unpaired) electrons. The van der Waals surface area contributed by atoms with Crippen LogP contribution in [0.3, 0.4) is 0 Å². The lowest BCUT2D eigenvalue weighted by molar-refractivity contribution is 0.0242. The number of allylic oxidation sites excluding steroid dienone is 6. The highest BCUT2D eigenvalue weighted by atomic mass is 16.3. The summed E-state index contributed by atoms with van der Waals surface area (Å²) in [5.74, 6) is 0.829. The molecule has 0 aromatic rings. The van der Waals surface area contributed by atoms with Crippen LogP contribution in [-0.4, -0.2) is 10.2 Å². The van der Waals surface area contributed by atoms with E-state index >= 15 is 0 Å². The van der Waals surface area contributed by atoms with Crippen LogP contribution in [0.5, 0.6) is 0 Å². The SMILES string of the molecule is CC1=CC(CC2(C(C)(C)C)C=C(C)C(O)=CC2)(C(C)(C)C)CC=C1O. The highest BCUT2D eigenvalue weighted by Gasteiger charge is 2.51. The Morgan fingerprint density at radius 1 is 0.760 bits per heavy atom. The van der Waals surface area contributed by atoms with Crippen molar-refractivity contribution in [1.82, 2.24) is 0 Å². The summed E-state index contributed by atoms with van der Waals surface area (Å²) in [6.07, 6.45) is 11.3. The molecule has 2 aliphatic rings. The van der Waals surface area contributed by atoms with Gasteiger partial charge in [-0.25, -0.2) is 0 Å². The van der Waals surface area contributed by atoms with Gasteiger partial charge in [0, 0.05) is 0 Å². The van der Waals surface area contributed by atoms with Crippen LogP contribution in [0.25, 0.3) is 0 Å². The second-order valence-corrected chi connectivity index (χ2v) is 10.2. The van der Waals surface area contributed by atoms with Crippen LogP contribution >= 0.6 is 0 Å². The fourth-order valence-corrected chi connectivity index (χ4v) is 4.36. The molecule has 0 aliphatic heterocycles. The van der Waals surface area contributed by atoms with Gasteiger partial charge in [0.2, 0.25) is 0 Å². The lowest BCUT2D eigenvalue weighted by Gasteiger charge is -2.54. The maximum Gasteiger partial charge on any atom is 0.114 e. The standard InChI is InChI=1S/C23H36O2/c1-16-13-22(20(3,4)5,11-9-18(16)24)15-23(21(6,7)8)12-10-19(25)17(2)14-23/h9-10,13-14,24-25H,11-12,15H2,1-8H3. The average molecular weight is 345 g/mol. The number of rotatable bonds is 2. The number of hydrogen-bond acceptors (Lipinski definition) is 2. The summed E-state index contributed by atoms with van der Waals surface area (Å²) in [6, 6.07) is 0. The summed E-state index contributed by atoms with van der Waals surface area (Å²) in [5, 5.41) is 20.2. The molecule has 0 amide bonds. The van der Waals surface area contributed by atoms with Crippen molar-refractivity contribution in [3.8, 4) is 0 Å². The molecule has 140 valence electrons. The van der Waals surface area contributed by atoms with Gasteiger partial charge in [0.15, 0.2) is 0 Å². The van der Waals surface area contributed by atoms with E-state index in [1.807, 2.05) is 26.0 Å². The zero-order valence-electron chi connectivity index (χ0n) is 17.3. The Kier molecular flexibility index (Phi) is 4.83. The van der Waals surface area contributed by atoms with E-state index < -0.39 is 0 Å². The predicted octanol–water partition coefficient (Wildman–Crippen LogP) is 7.03. The number of aliphatic hydroxyl groups excluding tert-OH is 2. The van der Waals surface area contributed by atoms with Gasteiger partial charge < -0.3 is 10.2 Å². The summed E-state index contributed by atoms with van der Waals surface area (Å²) in [5.41, 5.74) is 2.01. The van der Waals surface area contributed by atoms with Gasteiger partial charge in [-0.15, -0.1) is 0 Å². The Hall–Kier alpha value is -1.44. The quantitative estimate of drug-likeness (QED) is 0.564. The van der Waals surface area contributed by atoms with Crippen LogP contribution in [0.15, 0.2) is 47.0 Å². The first-order valence-electron chi connectivity index (χ1n) is 9.41. The van der Waals surface area contributed by atoms with Crippen LogP contribution in [0.4, 0.5) is 0 Å². The highest BCUT2D eigenvalue weighted by Crippen LogP contribution is 2.60. The van der Waals surface area contributed by atoms with Crippen LogP contribution in [0, 0.1) is 21.7 Å². The summed E-state index contributed by atoms with van der Waals surface area (Å²) in [7, 11) is 0. The zero-order chi connectivity index (χ0) is 19.3. The van der Waals surface area contributed by atoms with Crippen molar-refractivity contribution in [2.24, 2.45) is 21.7 Å². The Morgan fingerprint density at radius 2 is 1.08 bits per heavy atom. The first-order valence-corrected chi connectivity index (χ1v) is 9.41. The van der Waals surface area contributed by atoms with Gasteiger partial charge >= 0.3 is 0 Å². The van der Waals surface area contributed by atoms with Crippen molar-refractivity contribution >= 4 is 0 Å². The van der Waals surface area contributed by atoms with E-state index in [4.69, 9.17) is 0 Å². The molecule has 2 rings (SSSR count). The first-order chi connectivity index (χ1) is 11.2. The van der Waals surface area contributed by atoms with Gasteiger partial charge in [-0.3, -0.25) is 0 Å². The van der Waals surface area contributed by atoms with Crippen molar-refractivity contribution in [3.05, 3.63) is 47.0 Å². The van der Waals surface area contributed by atoms with E-state index in [1.165, 1.54) is 0 Å². The van der Waals surface area contributed by atoms with Gasteiger partial charge in [0.1, 0.15) is 11.5 Å². The molecule has 0 bridgehead atoms. The van der Waals surface area contributed by atoms with Gasteiger partial charge in [0.25, 0.3) is 0 Å². The molecule has 0 saturated carbocycles. The van der Waals surface area contributed by atoms with E-state index in [9.17, 15) is 10.2 Å². The second-order valence-electron chi connectivity index (χ2n) is 10.2. The van der Waals surface area contributed by atoms with E-state index in [1.54, 1.807) is 0 Å². The van der Waals surface area contributed by atoms with Gasteiger partial charge in [-0.1, -0.05) is 53.7 Å². The van der Waals surface area contributed by atoms with Crippen LogP contribution in [0.2, 0.25) is 0 Å². The first kappa shape index (κ1) is 19.9. The molecule has 2 N–H and O–H groups in total. The van der Waals surface area contributed by atoms with Crippen LogP contribution < -0.4 is 0 Å². The maximum atomic E-state index is 10.1. The summed E-state index contributed by atoms with van der Waals surface area (Å²) >= 11 is 0. The molecule has 0 fully saturated rings. The average Bonchev–Trinajstić information content (AvgIpc) is 2.45. The van der Waals surface area contributed by atoms with Gasteiger partial charge in [-0.2, -0.15) is 0 Å². The minimum atomic E-state index is -0.0336. The zero-order valence-corrected chi connectivity index (χ0v) is 17.3. The van der Waals surface area contributed by atoms with E-state index in [2.05, 4.69) is 53.7 Å². The Morgan fingerprint density at radius 3 is 1.32 bits per heavy atom.